The van der Waals surface area contributed by atoms with Crippen molar-refractivity contribution in [2.75, 3.05) is 26.8 Å². The predicted molar refractivity (Wildman–Crippen MR) is 116 cm³/mol. The number of ether oxygens (including phenoxy) is 1. The first kappa shape index (κ1) is 20.7. The van der Waals surface area contributed by atoms with Crippen molar-refractivity contribution >= 4 is 10.9 Å². The highest BCUT2D eigenvalue weighted by atomic mass is 16.5. The minimum atomic E-state index is -0.298. The first-order valence-corrected chi connectivity index (χ1v) is 10.6. The molecule has 0 aliphatic carbocycles. The largest absolute Gasteiger partial charge is 0.383 e. The quantitative estimate of drug-likeness (QED) is 0.672. The molecule has 1 aliphatic rings. The second kappa shape index (κ2) is 8.65. The molecule has 0 bridgehead atoms. The lowest BCUT2D eigenvalue weighted by Gasteiger charge is -2.36. The number of hydrogen-bond donors (Lipinski definition) is 1. The molecule has 0 amide bonds. The number of piperidine rings is 1. The number of fused-ring (bicyclic) bond motifs is 1. The van der Waals surface area contributed by atoms with E-state index >= 15 is 0 Å². The van der Waals surface area contributed by atoms with E-state index in [-0.39, 0.29) is 11.6 Å². The van der Waals surface area contributed by atoms with E-state index in [9.17, 15) is 4.79 Å². The van der Waals surface area contributed by atoms with Crippen molar-refractivity contribution in [2.45, 2.75) is 46.2 Å². The van der Waals surface area contributed by atoms with Crippen LogP contribution in [-0.2, 0) is 11.3 Å². The Labute approximate surface area is 176 Å². The van der Waals surface area contributed by atoms with E-state index in [1.54, 1.807) is 11.8 Å². The van der Waals surface area contributed by atoms with Gasteiger partial charge in [-0.05, 0) is 72.7 Å². The first-order valence-electron chi connectivity index (χ1n) is 10.6. The number of pyridine rings is 1. The molecule has 0 spiro atoms. The number of aryl methyl sites for hydroxylation is 2. The molecule has 8 nitrogen and oxygen atoms in total. The van der Waals surface area contributed by atoms with Gasteiger partial charge in [0.1, 0.15) is 6.04 Å². The number of methoxy groups -OCH3 is 1. The number of nitrogens with one attached hydrogen (secondary N) is 1. The summed E-state index contributed by atoms with van der Waals surface area (Å²) in [5, 5.41) is 13.5. The maximum absolute atomic E-state index is 13.3. The first-order chi connectivity index (χ1) is 14.5. The Hall–Kier alpha value is -2.58. The molecular formula is C22H30N6O2. The van der Waals surface area contributed by atoms with Crippen LogP contribution in [0.15, 0.2) is 23.0 Å². The SMILES string of the molecule is COCCn1nnnc1[C@H](c1cc2cc(C)cc(C)c2[nH]c1=O)N1CCC[C@@H](C)C1. The van der Waals surface area contributed by atoms with Crippen molar-refractivity contribution in [2.24, 2.45) is 5.92 Å². The zero-order valence-corrected chi connectivity index (χ0v) is 18.2. The van der Waals surface area contributed by atoms with Crippen molar-refractivity contribution in [1.82, 2.24) is 30.1 Å². The predicted octanol–water partition coefficient (Wildman–Crippen LogP) is 2.60. The van der Waals surface area contributed by atoms with Gasteiger partial charge in [0.2, 0.25) is 0 Å². The van der Waals surface area contributed by atoms with Gasteiger partial charge in [-0.25, -0.2) is 4.68 Å². The van der Waals surface area contributed by atoms with E-state index in [4.69, 9.17) is 4.74 Å². The molecule has 2 atom stereocenters. The second-order valence-electron chi connectivity index (χ2n) is 8.50. The Morgan fingerprint density at radius 3 is 2.90 bits per heavy atom. The van der Waals surface area contributed by atoms with Crippen molar-refractivity contribution < 1.29 is 4.74 Å². The number of hydrogen-bond acceptors (Lipinski definition) is 6. The van der Waals surface area contributed by atoms with Gasteiger partial charge in [-0.3, -0.25) is 9.69 Å². The van der Waals surface area contributed by atoms with Gasteiger partial charge in [-0.2, -0.15) is 0 Å². The number of likely N-dealkylation sites (tertiary alicyclic amines) is 1. The summed E-state index contributed by atoms with van der Waals surface area (Å²) in [6, 6.07) is 5.93. The van der Waals surface area contributed by atoms with Crippen LogP contribution in [0.1, 0.15) is 48.3 Å². The number of H-pyrrole nitrogens is 1. The van der Waals surface area contributed by atoms with Crippen LogP contribution in [0.5, 0.6) is 0 Å². The van der Waals surface area contributed by atoms with Crippen LogP contribution >= 0.6 is 0 Å². The summed E-state index contributed by atoms with van der Waals surface area (Å²) in [7, 11) is 1.66. The van der Waals surface area contributed by atoms with E-state index in [1.807, 2.05) is 13.0 Å². The Morgan fingerprint density at radius 1 is 1.30 bits per heavy atom. The van der Waals surface area contributed by atoms with Crippen LogP contribution in [0.3, 0.4) is 0 Å². The van der Waals surface area contributed by atoms with Crippen LogP contribution in [0.2, 0.25) is 0 Å². The topological polar surface area (TPSA) is 88.9 Å². The highest BCUT2D eigenvalue weighted by Gasteiger charge is 2.32. The molecule has 160 valence electrons. The smallest absolute Gasteiger partial charge is 0.253 e. The fourth-order valence-electron chi connectivity index (χ4n) is 4.61. The Morgan fingerprint density at radius 2 is 2.13 bits per heavy atom. The zero-order valence-electron chi connectivity index (χ0n) is 18.2. The number of benzene rings is 1. The monoisotopic (exact) mass is 410 g/mol. The van der Waals surface area contributed by atoms with Gasteiger partial charge in [-0.15, -0.1) is 5.10 Å². The van der Waals surface area contributed by atoms with Gasteiger partial charge in [0.15, 0.2) is 5.82 Å². The summed E-state index contributed by atoms with van der Waals surface area (Å²) in [6.45, 7) is 9.24. The van der Waals surface area contributed by atoms with E-state index in [0.717, 1.165) is 36.0 Å². The lowest BCUT2D eigenvalue weighted by atomic mass is 9.95. The van der Waals surface area contributed by atoms with Crippen molar-refractivity contribution in [3.8, 4) is 0 Å². The minimum absolute atomic E-state index is 0.0843. The highest BCUT2D eigenvalue weighted by molar-refractivity contribution is 5.83. The normalized spacial score (nSPS) is 18.7. The molecule has 1 fully saturated rings. The molecule has 0 unspecified atom stereocenters. The Bertz CT molecular complexity index is 1090. The Kier molecular flexibility index (Phi) is 5.97. The minimum Gasteiger partial charge on any atom is -0.383 e. The van der Waals surface area contributed by atoms with Gasteiger partial charge in [0.05, 0.1) is 18.7 Å². The standard InChI is InChI=1S/C22H30N6O2/c1-14-6-5-7-27(13-14)20(21-24-25-26-28(21)8-9-30-4)18-12-17-11-15(2)10-16(3)19(17)23-22(18)29/h10-12,14,20H,5-9,13H2,1-4H3,(H,23,29)/t14-,20+/m1/s1. The molecule has 1 N–H and O–H groups in total. The molecule has 4 rings (SSSR count). The molecular weight excluding hydrogens is 380 g/mol. The molecule has 1 saturated heterocycles. The van der Waals surface area contributed by atoms with Crippen LogP contribution in [0, 0.1) is 19.8 Å². The molecule has 2 aromatic heterocycles. The average molecular weight is 411 g/mol. The highest BCUT2D eigenvalue weighted by Crippen LogP contribution is 2.31. The third-order valence-corrected chi connectivity index (χ3v) is 5.98. The number of aromatic amines is 1. The van der Waals surface area contributed by atoms with Gasteiger partial charge in [0.25, 0.3) is 5.56 Å². The fourth-order valence-corrected chi connectivity index (χ4v) is 4.61. The van der Waals surface area contributed by atoms with E-state index in [2.05, 4.69) is 51.4 Å². The van der Waals surface area contributed by atoms with Crippen LogP contribution in [0.25, 0.3) is 10.9 Å². The van der Waals surface area contributed by atoms with E-state index < -0.39 is 0 Å². The molecule has 3 aromatic rings. The van der Waals surface area contributed by atoms with Gasteiger partial charge in [0, 0.05) is 19.2 Å². The van der Waals surface area contributed by atoms with Gasteiger partial charge >= 0.3 is 0 Å². The van der Waals surface area contributed by atoms with Gasteiger partial charge < -0.3 is 9.72 Å². The maximum Gasteiger partial charge on any atom is 0.253 e. The zero-order chi connectivity index (χ0) is 21.3. The van der Waals surface area contributed by atoms with Crippen LogP contribution in [-0.4, -0.2) is 56.9 Å². The third kappa shape index (κ3) is 4.02. The molecule has 8 heteroatoms. The molecule has 0 radical (unpaired) electrons. The number of nitrogens with zero attached hydrogens (tertiary/aromatic N) is 5. The van der Waals surface area contributed by atoms with Crippen molar-refractivity contribution in [3.05, 3.63) is 51.1 Å². The average Bonchev–Trinajstić information content (AvgIpc) is 3.16. The molecule has 3 heterocycles. The van der Waals surface area contributed by atoms with Crippen LogP contribution in [0.4, 0.5) is 0 Å². The summed E-state index contributed by atoms with van der Waals surface area (Å²) >= 11 is 0. The molecule has 1 aromatic carbocycles. The van der Waals surface area contributed by atoms with Crippen molar-refractivity contribution in [3.63, 3.8) is 0 Å². The summed E-state index contributed by atoms with van der Waals surface area (Å²) in [4.78, 5) is 18.7. The van der Waals surface area contributed by atoms with Crippen molar-refractivity contribution in [1.29, 1.82) is 0 Å². The third-order valence-electron chi connectivity index (χ3n) is 5.98. The fraction of sp³-hybridized carbons (Fsp3) is 0.545. The van der Waals surface area contributed by atoms with E-state index in [1.165, 1.54) is 12.0 Å². The maximum atomic E-state index is 13.3. The summed E-state index contributed by atoms with van der Waals surface area (Å²) in [5.74, 6) is 1.25. The number of aromatic nitrogens is 5. The summed E-state index contributed by atoms with van der Waals surface area (Å²) in [5.41, 5.74) is 3.74. The lowest BCUT2D eigenvalue weighted by Crippen LogP contribution is -2.41. The lowest BCUT2D eigenvalue weighted by molar-refractivity contribution is 0.137. The van der Waals surface area contributed by atoms with Gasteiger partial charge in [-0.1, -0.05) is 18.6 Å². The molecule has 1 aliphatic heterocycles. The van der Waals surface area contributed by atoms with E-state index in [0.29, 0.717) is 30.5 Å². The summed E-state index contributed by atoms with van der Waals surface area (Å²) < 4.78 is 6.99. The summed E-state index contributed by atoms with van der Waals surface area (Å²) in [6.07, 6.45) is 2.30. The number of rotatable bonds is 6. The van der Waals surface area contributed by atoms with Crippen LogP contribution < -0.4 is 5.56 Å². The molecule has 0 saturated carbocycles. The second-order valence-corrected chi connectivity index (χ2v) is 8.50. The number of tetrazole rings is 1. The molecule has 30 heavy (non-hydrogen) atoms. The Balaban J connectivity index is 1.87.